The predicted octanol–water partition coefficient (Wildman–Crippen LogP) is 3.56. The molecule has 0 saturated heterocycles. The van der Waals surface area contributed by atoms with Crippen molar-refractivity contribution >= 4 is 34.1 Å². The molecule has 1 heterocycles. The summed E-state index contributed by atoms with van der Waals surface area (Å²) in [4.78, 5) is 27.3. The lowest BCUT2D eigenvalue weighted by molar-refractivity contribution is 0.0986. The normalized spacial score (nSPS) is 10.8. The molecule has 3 aromatic rings. The number of aromatic nitrogens is 1. The third-order valence-corrected chi connectivity index (χ3v) is 4.56. The van der Waals surface area contributed by atoms with Gasteiger partial charge in [0.1, 0.15) is 11.3 Å². The Balaban J connectivity index is 2.27. The van der Waals surface area contributed by atoms with Gasteiger partial charge < -0.3 is 14.6 Å². The summed E-state index contributed by atoms with van der Waals surface area (Å²) in [6.07, 6.45) is 0. The number of nitrogens with zero attached hydrogens (tertiary/aromatic N) is 2. The minimum Gasteiger partial charge on any atom is -0.507 e. The summed E-state index contributed by atoms with van der Waals surface area (Å²) >= 11 is 6.39. The fourth-order valence-electron chi connectivity index (χ4n) is 2.90. The molecule has 0 aliphatic heterocycles. The monoisotopic (exact) mass is 356 g/mol. The van der Waals surface area contributed by atoms with Crippen molar-refractivity contribution in [3.8, 4) is 5.75 Å². The summed E-state index contributed by atoms with van der Waals surface area (Å²) in [5, 5.41) is 10.4. The molecule has 0 radical (unpaired) electrons. The van der Waals surface area contributed by atoms with E-state index in [2.05, 4.69) is 0 Å². The van der Waals surface area contributed by atoms with Crippen molar-refractivity contribution < 1.29 is 9.90 Å². The summed E-state index contributed by atoms with van der Waals surface area (Å²) in [5.74, 6) is -0.570. The lowest BCUT2D eigenvalue weighted by Crippen LogP contribution is -2.36. The molecule has 0 saturated carbocycles. The van der Waals surface area contributed by atoms with E-state index in [1.807, 2.05) is 25.1 Å². The number of hydrogen-bond acceptors (Lipinski definition) is 3. The number of para-hydroxylation sites is 1. The lowest BCUT2D eigenvalue weighted by Gasteiger charge is -2.22. The smallest absolute Gasteiger partial charge is 0.265 e. The van der Waals surface area contributed by atoms with Crippen LogP contribution in [0.3, 0.4) is 0 Å². The number of carbonyl (C=O) groups excluding carboxylic acids is 1. The van der Waals surface area contributed by atoms with Crippen LogP contribution in [0.4, 0.5) is 5.69 Å². The number of halogens is 1. The molecule has 0 spiro atoms. The van der Waals surface area contributed by atoms with Gasteiger partial charge in [-0.25, -0.2) is 0 Å². The summed E-state index contributed by atoms with van der Waals surface area (Å²) in [5.41, 5.74) is 0.492. The number of carbonyl (C=O) groups is 1. The lowest BCUT2D eigenvalue weighted by atomic mass is 10.1. The van der Waals surface area contributed by atoms with E-state index < -0.39 is 11.5 Å². The van der Waals surface area contributed by atoms with E-state index in [9.17, 15) is 14.7 Å². The van der Waals surface area contributed by atoms with E-state index in [0.717, 1.165) is 0 Å². The molecule has 0 aliphatic carbocycles. The van der Waals surface area contributed by atoms with Crippen LogP contribution in [0.15, 0.2) is 53.3 Å². The molecule has 1 N–H and O–H groups in total. The van der Waals surface area contributed by atoms with E-state index in [0.29, 0.717) is 23.1 Å². The first-order valence-electron chi connectivity index (χ1n) is 7.84. The number of pyridine rings is 1. The Morgan fingerprint density at radius 3 is 2.48 bits per heavy atom. The number of fused-ring (bicyclic) bond motifs is 1. The fourth-order valence-corrected chi connectivity index (χ4v) is 3.26. The first-order chi connectivity index (χ1) is 12.0. The number of anilines is 1. The van der Waals surface area contributed by atoms with Gasteiger partial charge >= 0.3 is 0 Å². The highest BCUT2D eigenvalue weighted by Gasteiger charge is 2.26. The van der Waals surface area contributed by atoms with Crippen molar-refractivity contribution in [3.63, 3.8) is 0 Å². The Hall–Kier alpha value is -2.79. The van der Waals surface area contributed by atoms with E-state index >= 15 is 0 Å². The average Bonchev–Trinajstić information content (AvgIpc) is 2.61. The van der Waals surface area contributed by atoms with Crippen LogP contribution >= 0.6 is 11.6 Å². The molecule has 0 unspecified atom stereocenters. The number of rotatable bonds is 3. The average molecular weight is 357 g/mol. The zero-order valence-corrected chi connectivity index (χ0v) is 14.6. The first kappa shape index (κ1) is 17.0. The van der Waals surface area contributed by atoms with Gasteiger partial charge in [0, 0.05) is 19.3 Å². The molecule has 1 aromatic heterocycles. The molecule has 2 aromatic carbocycles. The number of amides is 1. The van der Waals surface area contributed by atoms with Gasteiger partial charge in [0.25, 0.3) is 11.5 Å². The second kappa shape index (κ2) is 6.61. The van der Waals surface area contributed by atoms with Gasteiger partial charge in [0.2, 0.25) is 0 Å². The van der Waals surface area contributed by atoms with E-state index in [-0.39, 0.29) is 16.3 Å². The van der Waals surface area contributed by atoms with Gasteiger partial charge in [-0.05, 0) is 31.2 Å². The number of hydrogen-bond donors (Lipinski definition) is 1. The Labute approximate surface area is 149 Å². The molecule has 1 amide bonds. The van der Waals surface area contributed by atoms with Crippen LogP contribution < -0.4 is 10.5 Å². The number of phenols is 1. The molecule has 0 fully saturated rings. The fraction of sp³-hybridized carbons (Fsp3) is 0.158. The number of aromatic hydroxyl groups is 1. The van der Waals surface area contributed by atoms with Gasteiger partial charge in [0.15, 0.2) is 0 Å². The van der Waals surface area contributed by atoms with Gasteiger partial charge in [-0.2, -0.15) is 0 Å². The van der Waals surface area contributed by atoms with Crippen LogP contribution in [-0.4, -0.2) is 22.1 Å². The van der Waals surface area contributed by atoms with Crippen LogP contribution in [0.1, 0.15) is 17.3 Å². The SMILES string of the molecule is CCN(C(=O)c1c(Cl)c2c(O)cccc2n(C)c1=O)c1ccccc1. The summed E-state index contributed by atoms with van der Waals surface area (Å²) in [6.45, 7) is 2.20. The maximum atomic E-state index is 13.1. The molecule has 0 aliphatic rings. The molecule has 6 heteroatoms. The quantitative estimate of drug-likeness (QED) is 0.780. The Bertz CT molecular complexity index is 1010. The molecule has 128 valence electrons. The Kier molecular flexibility index (Phi) is 4.51. The topological polar surface area (TPSA) is 62.5 Å². The molecular formula is C19H17ClN2O3. The maximum absolute atomic E-state index is 13.1. The maximum Gasteiger partial charge on any atom is 0.265 e. The minimum absolute atomic E-state index is 0.0319. The first-order valence-corrected chi connectivity index (χ1v) is 8.22. The van der Waals surface area contributed by atoms with Crippen molar-refractivity contribution in [2.45, 2.75) is 6.92 Å². The molecule has 25 heavy (non-hydrogen) atoms. The third kappa shape index (κ3) is 2.76. The van der Waals surface area contributed by atoms with Crippen molar-refractivity contribution in [1.82, 2.24) is 4.57 Å². The Morgan fingerprint density at radius 1 is 1.16 bits per heavy atom. The van der Waals surface area contributed by atoms with Crippen LogP contribution in [0.5, 0.6) is 5.75 Å². The summed E-state index contributed by atoms with van der Waals surface area (Å²) in [6, 6.07) is 13.8. The number of phenolic OH excluding ortho intramolecular Hbond substituents is 1. The number of benzene rings is 2. The minimum atomic E-state index is -0.498. The van der Waals surface area contributed by atoms with Crippen molar-refractivity contribution in [1.29, 1.82) is 0 Å². The second-order valence-electron chi connectivity index (χ2n) is 5.61. The van der Waals surface area contributed by atoms with Crippen LogP contribution in [0.2, 0.25) is 5.02 Å². The van der Waals surface area contributed by atoms with Gasteiger partial charge in [-0.1, -0.05) is 35.9 Å². The van der Waals surface area contributed by atoms with Crippen molar-refractivity contribution in [3.05, 3.63) is 69.5 Å². The van der Waals surface area contributed by atoms with Gasteiger partial charge in [-0.3, -0.25) is 9.59 Å². The van der Waals surface area contributed by atoms with Crippen LogP contribution in [0.25, 0.3) is 10.9 Å². The molecule has 3 rings (SSSR count). The highest BCUT2D eigenvalue weighted by Crippen LogP contribution is 2.32. The number of aryl methyl sites for hydroxylation is 1. The predicted molar refractivity (Wildman–Crippen MR) is 99.7 cm³/mol. The Morgan fingerprint density at radius 2 is 1.84 bits per heavy atom. The van der Waals surface area contributed by atoms with E-state index in [1.54, 1.807) is 31.3 Å². The molecule has 5 nitrogen and oxygen atoms in total. The summed E-state index contributed by atoms with van der Waals surface area (Å²) < 4.78 is 1.33. The second-order valence-corrected chi connectivity index (χ2v) is 5.99. The van der Waals surface area contributed by atoms with E-state index in [4.69, 9.17) is 11.6 Å². The van der Waals surface area contributed by atoms with Crippen molar-refractivity contribution in [2.24, 2.45) is 7.05 Å². The molecular weight excluding hydrogens is 340 g/mol. The van der Waals surface area contributed by atoms with Crippen LogP contribution in [0, 0.1) is 0 Å². The zero-order chi connectivity index (χ0) is 18.1. The van der Waals surface area contributed by atoms with Crippen LogP contribution in [-0.2, 0) is 7.05 Å². The standard InChI is InChI=1S/C19H17ClN2O3/c1-3-22(12-8-5-4-6-9-12)19(25)16-17(20)15-13(21(2)18(16)24)10-7-11-14(15)23/h4-11,23H,3H2,1-2H3. The van der Waals surface area contributed by atoms with Crippen molar-refractivity contribution in [2.75, 3.05) is 11.4 Å². The van der Waals surface area contributed by atoms with Gasteiger partial charge in [-0.15, -0.1) is 0 Å². The highest BCUT2D eigenvalue weighted by molar-refractivity contribution is 6.39. The van der Waals surface area contributed by atoms with E-state index in [1.165, 1.54) is 15.5 Å². The summed E-state index contributed by atoms with van der Waals surface area (Å²) in [7, 11) is 1.55. The largest absolute Gasteiger partial charge is 0.507 e. The highest BCUT2D eigenvalue weighted by atomic mass is 35.5. The molecule has 0 atom stereocenters. The molecule has 0 bridgehead atoms. The third-order valence-electron chi connectivity index (χ3n) is 4.18. The van der Waals surface area contributed by atoms with Gasteiger partial charge in [0.05, 0.1) is 15.9 Å². The zero-order valence-electron chi connectivity index (χ0n) is 13.9.